The van der Waals surface area contributed by atoms with Crippen LogP contribution in [0.1, 0.15) is 11.3 Å². The third kappa shape index (κ3) is 1.15. The summed E-state index contributed by atoms with van der Waals surface area (Å²) >= 11 is 3.41. The fourth-order valence-electron chi connectivity index (χ4n) is 1.73. The first-order valence-electron chi connectivity index (χ1n) is 4.32. The van der Waals surface area contributed by atoms with Gasteiger partial charge in [-0.1, -0.05) is 34.1 Å². The monoisotopic (exact) mass is 248 g/mol. The normalized spacial score (nSPS) is 10.4. The van der Waals surface area contributed by atoms with Gasteiger partial charge in [0, 0.05) is 29.0 Å². The van der Waals surface area contributed by atoms with Crippen molar-refractivity contribution in [1.82, 2.24) is 4.57 Å². The topological polar surface area (TPSA) is 28.7 Å². The molecule has 70 valence electrons. The molecule has 0 saturated carbocycles. The Kier molecular flexibility index (Phi) is 2.30. The number of hydrogen-bond acceptors (Lipinski definition) is 1. The average Bonchev–Trinajstić information content (AvgIpc) is 2.51. The minimum Gasteiger partial charge on any atom is -0.346 e. The number of nitriles is 1. The van der Waals surface area contributed by atoms with Crippen molar-refractivity contribution in [1.29, 1.82) is 5.26 Å². The van der Waals surface area contributed by atoms with Crippen molar-refractivity contribution in [3.05, 3.63) is 35.5 Å². The number of aryl methyl sites for hydroxylation is 1. The Morgan fingerprint density at radius 2 is 2.14 bits per heavy atom. The molecule has 0 aliphatic rings. The van der Waals surface area contributed by atoms with Gasteiger partial charge in [-0.2, -0.15) is 5.26 Å². The van der Waals surface area contributed by atoms with Crippen LogP contribution in [0.15, 0.2) is 24.3 Å². The van der Waals surface area contributed by atoms with Crippen LogP contribution in [0.4, 0.5) is 0 Å². The Morgan fingerprint density at radius 3 is 2.79 bits per heavy atom. The highest BCUT2D eigenvalue weighted by Crippen LogP contribution is 2.25. The summed E-state index contributed by atoms with van der Waals surface area (Å²) in [5, 5.41) is 10.8. The van der Waals surface area contributed by atoms with Gasteiger partial charge in [0.1, 0.15) is 6.07 Å². The van der Waals surface area contributed by atoms with Crippen LogP contribution in [0.5, 0.6) is 0 Å². The fraction of sp³-hybridized carbons (Fsp3) is 0.182. The van der Waals surface area contributed by atoms with Gasteiger partial charge in [-0.25, -0.2) is 0 Å². The molecule has 1 aromatic carbocycles. The number of alkyl halides is 1. The van der Waals surface area contributed by atoms with Gasteiger partial charge in [0.2, 0.25) is 0 Å². The summed E-state index contributed by atoms with van der Waals surface area (Å²) < 4.78 is 2.06. The van der Waals surface area contributed by atoms with E-state index in [0.29, 0.717) is 5.33 Å². The van der Waals surface area contributed by atoms with Crippen molar-refractivity contribution in [2.75, 3.05) is 0 Å². The maximum absolute atomic E-state index is 9.08. The average molecular weight is 249 g/mol. The lowest BCUT2D eigenvalue weighted by molar-refractivity contribution is 0.909. The quantitative estimate of drug-likeness (QED) is 0.714. The predicted octanol–water partition coefficient (Wildman–Crippen LogP) is 2.94. The van der Waals surface area contributed by atoms with Crippen molar-refractivity contribution in [2.45, 2.75) is 5.33 Å². The third-order valence-corrected chi connectivity index (χ3v) is 3.00. The van der Waals surface area contributed by atoms with Crippen LogP contribution in [-0.2, 0) is 12.4 Å². The van der Waals surface area contributed by atoms with Crippen molar-refractivity contribution in [3.63, 3.8) is 0 Å². The SMILES string of the molecule is Cn1c(CBr)c(C#N)c2ccccc21. The van der Waals surface area contributed by atoms with E-state index in [-0.39, 0.29) is 0 Å². The van der Waals surface area contributed by atoms with Crippen LogP contribution in [-0.4, -0.2) is 4.57 Å². The van der Waals surface area contributed by atoms with E-state index in [1.165, 1.54) is 0 Å². The number of aromatic nitrogens is 1. The molecule has 0 spiro atoms. The molecule has 1 heterocycles. The maximum atomic E-state index is 9.08. The molecule has 0 N–H and O–H groups in total. The van der Waals surface area contributed by atoms with Gasteiger partial charge < -0.3 is 4.57 Å². The molecule has 0 radical (unpaired) electrons. The van der Waals surface area contributed by atoms with Gasteiger partial charge >= 0.3 is 0 Å². The first kappa shape index (κ1) is 9.29. The van der Waals surface area contributed by atoms with Crippen molar-refractivity contribution in [2.24, 2.45) is 7.05 Å². The highest BCUT2D eigenvalue weighted by Gasteiger charge is 2.12. The van der Waals surface area contributed by atoms with Crippen LogP contribution in [0.2, 0.25) is 0 Å². The number of para-hydroxylation sites is 1. The summed E-state index contributed by atoms with van der Waals surface area (Å²) in [6, 6.07) is 10.2. The van der Waals surface area contributed by atoms with Crippen LogP contribution >= 0.6 is 15.9 Å². The lowest BCUT2D eigenvalue weighted by Crippen LogP contribution is -1.93. The van der Waals surface area contributed by atoms with E-state index in [9.17, 15) is 0 Å². The molecule has 0 aliphatic carbocycles. The molecule has 0 bridgehead atoms. The molecule has 2 rings (SSSR count). The number of nitrogens with zero attached hydrogens (tertiary/aromatic N) is 2. The Labute approximate surface area is 90.9 Å². The molecule has 0 aliphatic heterocycles. The lowest BCUT2D eigenvalue weighted by atomic mass is 10.1. The number of rotatable bonds is 1. The van der Waals surface area contributed by atoms with Crippen LogP contribution in [0, 0.1) is 11.3 Å². The van der Waals surface area contributed by atoms with E-state index in [1.54, 1.807) is 0 Å². The lowest BCUT2D eigenvalue weighted by Gasteiger charge is -1.99. The molecule has 2 nitrogen and oxygen atoms in total. The molecule has 0 atom stereocenters. The van der Waals surface area contributed by atoms with Gasteiger partial charge in [-0.05, 0) is 6.07 Å². The molecule has 14 heavy (non-hydrogen) atoms. The van der Waals surface area contributed by atoms with Gasteiger partial charge in [0.25, 0.3) is 0 Å². The summed E-state index contributed by atoms with van der Waals surface area (Å²) in [6.07, 6.45) is 0. The Balaban J connectivity index is 2.93. The van der Waals surface area contributed by atoms with E-state index in [2.05, 4.69) is 26.6 Å². The van der Waals surface area contributed by atoms with Crippen LogP contribution in [0.25, 0.3) is 10.9 Å². The summed E-state index contributed by atoms with van der Waals surface area (Å²) in [4.78, 5) is 0. The van der Waals surface area contributed by atoms with E-state index >= 15 is 0 Å². The minimum absolute atomic E-state index is 0.709. The molecule has 2 aromatic rings. The molecule has 0 amide bonds. The van der Waals surface area contributed by atoms with Gasteiger partial charge in [-0.15, -0.1) is 0 Å². The second-order valence-electron chi connectivity index (χ2n) is 3.14. The Hall–Kier alpha value is -1.27. The highest BCUT2D eigenvalue weighted by molar-refractivity contribution is 9.08. The zero-order valence-corrected chi connectivity index (χ0v) is 9.37. The molecule has 0 saturated heterocycles. The van der Waals surface area contributed by atoms with Crippen molar-refractivity contribution >= 4 is 26.8 Å². The summed E-state index contributed by atoms with van der Waals surface area (Å²) in [5.74, 6) is 0. The highest BCUT2D eigenvalue weighted by atomic mass is 79.9. The Bertz CT molecular complexity index is 520. The van der Waals surface area contributed by atoms with E-state index < -0.39 is 0 Å². The van der Waals surface area contributed by atoms with Crippen molar-refractivity contribution < 1.29 is 0 Å². The number of hydrogen-bond donors (Lipinski definition) is 0. The third-order valence-electron chi connectivity index (χ3n) is 2.47. The standard InChI is InChI=1S/C11H9BrN2/c1-14-10-5-3-2-4-8(10)9(7-13)11(14)6-12/h2-5H,6H2,1H3. The summed E-state index contributed by atoms with van der Waals surface area (Å²) in [7, 11) is 1.99. The first-order valence-corrected chi connectivity index (χ1v) is 5.44. The summed E-state index contributed by atoms with van der Waals surface area (Å²) in [6.45, 7) is 0. The second-order valence-corrected chi connectivity index (χ2v) is 3.70. The van der Waals surface area contributed by atoms with Gasteiger partial charge in [-0.3, -0.25) is 0 Å². The molecule has 1 aromatic heterocycles. The van der Waals surface area contributed by atoms with E-state index in [1.807, 2.05) is 31.3 Å². The van der Waals surface area contributed by atoms with Crippen molar-refractivity contribution in [3.8, 4) is 6.07 Å². The zero-order chi connectivity index (χ0) is 10.1. The molecular weight excluding hydrogens is 240 g/mol. The summed E-state index contributed by atoms with van der Waals surface area (Å²) in [5.41, 5.74) is 2.92. The smallest absolute Gasteiger partial charge is 0.102 e. The molecule has 0 fully saturated rings. The van der Waals surface area contributed by atoms with Gasteiger partial charge in [0.15, 0.2) is 0 Å². The second kappa shape index (κ2) is 3.47. The Morgan fingerprint density at radius 1 is 1.43 bits per heavy atom. The van der Waals surface area contributed by atoms with Crippen LogP contribution in [0.3, 0.4) is 0 Å². The number of halogens is 1. The fourth-order valence-corrected chi connectivity index (χ4v) is 2.38. The molecule has 3 heteroatoms. The maximum Gasteiger partial charge on any atom is 0.102 e. The predicted molar refractivity (Wildman–Crippen MR) is 60.3 cm³/mol. The van der Waals surface area contributed by atoms with Gasteiger partial charge in [0.05, 0.1) is 5.56 Å². The number of benzene rings is 1. The number of fused-ring (bicyclic) bond motifs is 1. The first-order chi connectivity index (χ1) is 6.79. The zero-order valence-electron chi connectivity index (χ0n) is 7.79. The van der Waals surface area contributed by atoms with Crippen LogP contribution < -0.4 is 0 Å². The van der Waals surface area contributed by atoms with E-state index in [0.717, 1.165) is 22.2 Å². The minimum atomic E-state index is 0.709. The molecular formula is C11H9BrN2. The van der Waals surface area contributed by atoms with E-state index in [4.69, 9.17) is 5.26 Å². The largest absolute Gasteiger partial charge is 0.346 e. The molecule has 0 unspecified atom stereocenters.